The van der Waals surface area contributed by atoms with Gasteiger partial charge < -0.3 is 10.1 Å². The van der Waals surface area contributed by atoms with Gasteiger partial charge in [-0.3, -0.25) is 4.79 Å². The molecule has 5 nitrogen and oxygen atoms in total. The van der Waals surface area contributed by atoms with Crippen LogP contribution in [0.3, 0.4) is 0 Å². The zero-order chi connectivity index (χ0) is 17.6. The van der Waals surface area contributed by atoms with Crippen LogP contribution in [0.25, 0.3) is 0 Å². The molecule has 0 spiro atoms. The second-order valence-corrected chi connectivity index (χ2v) is 6.78. The Morgan fingerprint density at radius 2 is 1.84 bits per heavy atom. The van der Waals surface area contributed by atoms with Gasteiger partial charge in [-0.25, -0.2) is 0 Å². The van der Waals surface area contributed by atoms with E-state index in [-0.39, 0.29) is 5.91 Å². The molecule has 0 unspecified atom stereocenters. The molecule has 2 aromatic carbocycles. The van der Waals surface area contributed by atoms with Crippen molar-refractivity contribution in [2.24, 2.45) is 0 Å². The number of carbonyl (C=O) groups excluding carboxylic acids is 1. The molecule has 0 fully saturated rings. The van der Waals surface area contributed by atoms with Gasteiger partial charge in [0, 0.05) is 6.42 Å². The van der Waals surface area contributed by atoms with Crippen LogP contribution in [0.15, 0.2) is 48.5 Å². The number of amides is 1. The Labute approximate surface area is 148 Å². The fourth-order valence-electron chi connectivity index (χ4n) is 2.86. The van der Waals surface area contributed by atoms with Gasteiger partial charge >= 0.3 is 0 Å². The lowest BCUT2D eigenvalue weighted by Crippen LogP contribution is -2.20. The molecule has 0 saturated heterocycles. The van der Waals surface area contributed by atoms with Crippen molar-refractivity contribution in [1.82, 2.24) is 0 Å². The van der Waals surface area contributed by atoms with Crippen molar-refractivity contribution >= 4 is 26.8 Å². The quantitative estimate of drug-likeness (QED) is 0.490. The first kappa shape index (κ1) is 17.2. The fraction of sp³-hybridized carbons (Fsp3) is 0.263. The van der Waals surface area contributed by atoms with Gasteiger partial charge in [-0.1, -0.05) is 42.5 Å². The second kappa shape index (κ2) is 7.98. The van der Waals surface area contributed by atoms with E-state index in [1.54, 1.807) is 12.1 Å². The number of rotatable bonds is 6. The monoisotopic (exact) mass is 357 g/mol. The molecule has 0 saturated carbocycles. The maximum Gasteiger partial charge on any atom is 0.224 e. The van der Waals surface area contributed by atoms with E-state index in [1.165, 1.54) is 0 Å². The van der Waals surface area contributed by atoms with Crippen LogP contribution in [-0.4, -0.2) is 25.8 Å². The fourth-order valence-corrected chi connectivity index (χ4v) is 3.50. The van der Waals surface area contributed by atoms with E-state index in [4.69, 9.17) is 4.74 Å². The summed E-state index contributed by atoms with van der Waals surface area (Å²) in [5.41, 5.74) is 2.51. The summed E-state index contributed by atoms with van der Waals surface area (Å²) in [6.45, 7) is 0.375. The third kappa shape index (κ3) is 4.28. The topological polar surface area (TPSA) is 72.5 Å². The highest BCUT2D eigenvalue weighted by Gasteiger charge is 2.18. The molecule has 130 valence electrons. The van der Waals surface area contributed by atoms with Crippen LogP contribution in [0.2, 0.25) is 0 Å². The van der Waals surface area contributed by atoms with Crippen LogP contribution in [0.4, 0.5) is 5.69 Å². The Morgan fingerprint density at radius 3 is 2.60 bits per heavy atom. The number of ether oxygens (including phenoxy) is 1. The molecule has 1 heterocycles. The van der Waals surface area contributed by atoms with E-state index in [0.29, 0.717) is 48.5 Å². The zero-order valence-electron chi connectivity index (χ0n) is 13.7. The summed E-state index contributed by atoms with van der Waals surface area (Å²) in [4.78, 5) is 12.0. The lowest BCUT2D eigenvalue weighted by molar-refractivity contribution is -0.116. The minimum atomic E-state index is -2.25. The Hall–Kier alpha value is -2.60. The lowest BCUT2D eigenvalue weighted by Gasteiger charge is -2.20. The van der Waals surface area contributed by atoms with Crippen molar-refractivity contribution < 1.29 is 17.9 Å². The summed E-state index contributed by atoms with van der Waals surface area (Å²) in [5.74, 6) is 0.625. The van der Waals surface area contributed by atoms with Crippen molar-refractivity contribution in [3.63, 3.8) is 0 Å². The highest BCUT2D eigenvalue weighted by atomic mass is 32.2. The summed E-state index contributed by atoms with van der Waals surface area (Å²) in [6.07, 6.45) is 2.16. The normalized spacial score (nSPS) is 12.9. The molecule has 1 N–H and O–H groups in total. The minimum Gasteiger partial charge on any atom is -0.491 e. The first-order valence-corrected chi connectivity index (χ1v) is 9.27. The molecule has 0 atom stereocenters. The summed E-state index contributed by atoms with van der Waals surface area (Å²) in [6, 6.07) is 14.8. The minimum absolute atomic E-state index is 0.00926. The summed E-state index contributed by atoms with van der Waals surface area (Å²) in [5, 5.41) is 2.85. The van der Waals surface area contributed by atoms with E-state index in [0.717, 1.165) is 11.3 Å². The highest BCUT2D eigenvalue weighted by Crippen LogP contribution is 2.32. The number of fused-ring (bicyclic) bond motifs is 1. The standard InChI is InChI=1S/C19H19NO4S/c21-18-12-11-15-8-4-9-16(19(15)20-18)24-13-5-10-17(25(22)23)14-6-2-1-3-7-14/h1-4,6-9H,5,10-13H2,(H,20,21). The largest absolute Gasteiger partial charge is 0.491 e. The first-order valence-electron chi connectivity index (χ1n) is 8.20. The van der Waals surface area contributed by atoms with Crippen LogP contribution >= 0.6 is 0 Å². The van der Waals surface area contributed by atoms with Crippen LogP contribution in [0, 0.1) is 0 Å². The van der Waals surface area contributed by atoms with Crippen LogP contribution in [-0.2, 0) is 21.5 Å². The van der Waals surface area contributed by atoms with Crippen LogP contribution < -0.4 is 10.1 Å². The van der Waals surface area contributed by atoms with Crippen molar-refractivity contribution in [1.29, 1.82) is 0 Å². The number of benzene rings is 2. The van der Waals surface area contributed by atoms with Gasteiger partial charge in [0.05, 0.1) is 17.2 Å². The predicted octanol–water partition coefficient (Wildman–Crippen LogP) is 2.83. The summed E-state index contributed by atoms with van der Waals surface area (Å²) < 4.78 is 28.7. The maximum absolute atomic E-state index is 11.6. The summed E-state index contributed by atoms with van der Waals surface area (Å²) in [7, 11) is -2.25. The van der Waals surface area contributed by atoms with Gasteiger partial charge in [-0.05, 0) is 36.5 Å². The number of para-hydroxylation sites is 1. The molecular formula is C19H19NO4S. The summed E-state index contributed by atoms with van der Waals surface area (Å²) >= 11 is 0. The average Bonchev–Trinajstić information content (AvgIpc) is 2.62. The van der Waals surface area contributed by atoms with E-state index >= 15 is 0 Å². The van der Waals surface area contributed by atoms with E-state index < -0.39 is 10.3 Å². The van der Waals surface area contributed by atoms with E-state index in [2.05, 4.69) is 5.32 Å². The molecule has 0 aliphatic carbocycles. The molecule has 6 heteroatoms. The molecule has 0 aromatic heterocycles. The third-order valence-electron chi connectivity index (χ3n) is 4.10. The molecular weight excluding hydrogens is 338 g/mol. The molecule has 0 bridgehead atoms. The Kier molecular flexibility index (Phi) is 5.50. The number of aryl methyl sites for hydroxylation is 1. The van der Waals surface area contributed by atoms with Gasteiger partial charge in [0.15, 0.2) is 0 Å². The van der Waals surface area contributed by atoms with Gasteiger partial charge in [0.25, 0.3) is 0 Å². The average molecular weight is 357 g/mol. The van der Waals surface area contributed by atoms with Gasteiger partial charge in [0.2, 0.25) is 16.2 Å². The molecule has 25 heavy (non-hydrogen) atoms. The number of nitrogens with one attached hydrogen (secondary N) is 1. The van der Waals surface area contributed by atoms with Crippen molar-refractivity contribution in [3.05, 3.63) is 59.7 Å². The molecule has 3 rings (SSSR count). The Balaban J connectivity index is 1.62. The highest BCUT2D eigenvalue weighted by molar-refractivity contribution is 7.73. The number of hydrogen-bond acceptors (Lipinski definition) is 4. The number of anilines is 1. The zero-order valence-corrected chi connectivity index (χ0v) is 14.5. The van der Waals surface area contributed by atoms with Crippen molar-refractivity contribution in [2.45, 2.75) is 25.7 Å². The Bertz CT molecular complexity index is 896. The van der Waals surface area contributed by atoms with Gasteiger partial charge in [-0.15, -0.1) is 0 Å². The van der Waals surface area contributed by atoms with Gasteiger partial charge in [-0.2, -0.15) is 8.42 Å². The number of carbonyl (C=O) groups is 1. The van der Waals surface area contributed by atoms with E-state index in [9.17, 15) is 13.2 Å². The smallest absolute Gasteiger partial charge is 0.224 e. The maximum atomic E-state index is 11.6. The van der Waals surface area contributed by atoms with Crippen molar-refractivity contribution in [3.8, 4) is 5.75 Å². The second-order valence-electron chi connectivity index (χ2n) is 5.81. The third-order valence-corrected chi connectivity index (χ3v) is 4.94. The molecule has 0 radical (unpaired) electrons. The van der Waals surface area contributed by atoms with Crippen molar-refractivity contribution in [2.75, 3.05) is 11.9 Å². The molecule has 1 aliphatic rings. The van der Waals surface area contributed by atoms with Crippen LogP contribution in [0.1, 0.15) is 30.4 Å². The van der Waals surface area contributed by atoms with Gasteiger partial charge in [0.1, 0.15) is 5.75 Å². The van der Waals surface area contributed by atoms with Crippen LogP contribution in [0.5, 0.6) is 5.75 Å². The molecule has 1 amide bonds. The predicted molar refractivity (Wildman–Crippen MR) is 97.6 cm³/mol. The molecule has 2 aromatic rings. The molecule has 1 aliphatic heterocycles. The number of hydrogen-bond donors (Lipinski definition) is 1. The van der Waals surface area contributed by atoms with E-state index in [1.807, 2.05) is 36.4 Å². The lowest BCUT2D eigenvalue weighted by atomic mass is 10.0. The Morgan fingerprint density at radius 1 is 1.04 bits per heavy atom. The SMILES string of the molecule is O=C1CCc2cccc(OCCCC(c3ccccc3)=S(=O)=O)c2N1. The first-order chi connectivity index (χ1) is 12.1.